The smallest absolute Gasteiger partial charge is 0.308 e. The Labute approximate surface area is 73.1 Å². The predicted molar refractivity (Wildman–Crippen MR) is 47.7 cm³/mol. The van der Waals surface area contributed by atoms with Gasteiger partial charge in [0.25, 0.3) is 0 Å². The lowest BCUT2D eigenvalue weighted by atomic mass is 10.5. The maximum atomic E-state index is 10.6. The molecule has 0 rings (SSSR count). The molecule has 0 heterocycles. The highest BCUT2D eigenvalue weighted by Gasteiger charge is 2.20. The van der Waals surface area contributed by atoms with Crippen molar-refractivity contribution in [3.05, 3.63) is 10.1 Å². The molecule has 1 N–H and O–H groups in total. The van der Waals surface area contributed by atoms with E-state index >= 15 is 0 Å². The molecule has 0 aliphatic carbocycles. The van der Waals surface area contributed by atoms with Crippen molar-refractivity contribution in [2.24, 2.45) is 0 Å². The van der Waals surface area contributed by atoms with E-state index in [1.54, 1.807) is 0 Å². The summed E-state index contributed by atoms with van der Waals surface area (Å²) in [5.41, 5.74) is 0. The normalized spacial score (nSPS) is 18.8. The zero-order valence-electron chi connectivity index (χ0n) is 5.71. The van der Waals surface area contributed by atoms with E-state index in [1.807, 2.05) is 0 Å². The molecular weight excluding hydrogens is 209 g/mol. The predicted octanol–water partition coefficient (Wildman–Crippen LogP) is 1.41. The highest BCUT2D eigenvalue weighted by molar-refractivity contribution is 8.84. The third kappa shape index (κ3) is 8.19. The van der Waals surface area contributed by atoms with Crippen LogP contribution in [0.1, 0.15) is 6.92 Å². The molecule has 2 atom stereocenters. The number of nitrogens with zero attached hydrogens (tertiary/aromatic N) is 1. The second kappa shape index (κ2) is 4.35. The quantitative estimate of drug-likeness (QED) is 0.322. The second-order valence-electron chi connectivity index (χ2n) is 1.92. The van der Waals surface area contributed by atoms with Crippen LogP contribution in [0, 0.1) is 10.1 Å². The van der Waals surface area contributed by atoms with Crippen LogP contribution in [0.3, 0.4) is 0 Å². The van der Waals surface area contributed by atoms with Gasteiger partial charge in [0.1, 0.15) is 0 Å². The molecule has 2 unspecified atom stereocenters. The van der Waals surface area contributed by atoms with Crippen molar-refractivity contribution < 1.29 is 14.4 Å². The largest absolute Gasteiger partial charge is 0.329 e. The van der Waals surface area contributed by atoms with E-state index in [0.29, 0.717) is 11.4 Å². The molecule has 0 amide bonds. The zero-order valence-corrected chi connectivity index (χ0v) is 8.31. The summed E-state index contributed by atoms with van der Waals surface area (Å²) in [6.07, 6.45) is 0. The molecule has 0 saturated heterocycles. The Morgan fingerprint density at radius 3 is 2.64 bits per heavy atom. The summed E-state index contributed by atoms with van der Waals surface area (Å²) in [6, 6.07) is 0. The lowest BCUT2D eigenvalue weighted by Crippen LogP contribution is -2.11. The monoisotopic (exact) mass is 217 g/mol. The molecule has 0 spiro atoms. The molecule has 0 fully saturated rings. The minimum Gasteiger partial charge on any atom is -0.329 e. The van der Waals surface area contributed by atoms with Crippen LogP contribution in [0.4, 0.5) is 0 Å². The van der Waals surface area contributed by atoms with Crippen molar-refractivity contribution in [3.8, 4) is 0 Å². The van der Waals surface area contributed by atoms with E-state index < -0.39 is 15.9 Å². The summed E-state index contributed by atoms with van der Waals surface area (Å²) in [5, 5.41) is 9.40. The Balaban J connectivity index is 3.79. The van der Waals surface area contributed by atoms with Gasteiger partial charge in [-0.2, -0.15) is 0 Å². The molecule has 11 heavy (non-hydrogen) atoms. The van der Waals surface area contributed by atoms with Gasteiger partial charge in [0.2, 0.25) is 6.54 Å². The molecule has 0 aliphatic rings. The first kappa shape index (κ1) is 11.3. The fourth-order valence-electron chi connectivity index (χ4n) is 0.478. The summed E-state index contributed by atoms with van der Waals surface area (Å²) < 4.78 is 10.6. The molecule has 0 bridgehead atoms. The molecule has 5 nitrogen and oxygen atoms in total. The molecular formula is C3H8NO4PS2. The molecule has 0 aromatic rings. The average Bonchev–Trinajstić information content (AvgIpc) is 1.53. The second-order valence-corrected chi connectivity index (χ2v) is 8.47. The van der Waals surface area contributed by atoms with Crippen LogP contribution in [0.25, 0.3) is 0 Å². The fourth-order valence-corrected chi connectivity index (χ4v) is 4.19. The summed E-state index contributed by atoms with van der Waals surface area (Å²) in [7, 11) is 0. The van der Waals surface area contributed by atoms with E-state index in [1.165, 1.54) is 6.92 Å². The number of thiol groups is 1. The van der Waals surface area contributed by atoms with Crippen molar-refractivity contribution in [2.45, 2.75) is 12.2 Å². The third-order valence-electron chi connectivity index (χ3n) is 0.723. The standard InChI is InChI=1S/C3H8NO4PS2/c1-3(2-4(5)6)11-9(7,8)10/h3H,2H2,1H3,(H2,7,8,10). The first-order valence-corrected chi connectivity index (χ1v) is 6.96. The number of hydrogen-bond donors (Lipinski definition) is 2. The maximum absolute atomic E-state index is 10.6. The van der Waals surface area contributed by atoms with Gasteiger partial charge in [-0.1, -0.05) is 12.2 Å². The Morgan fingerprint density at radius 1 is 1.91 bits per heavy atom. The van der Waals surface area contributed by atoms with Crippen LogP contribution in [0.2, 0.25) is 0 Å². The number of hydrogen-bond acceptors (Lipinski definition) is 4. The molecule has 0 saturated carbocycles. The Kier molecular flexibility index (Phi) is 4.46. The van der Waals surface area contributed by atoms with Gasteiger partial charge in [0.05, 0.1) is 5.25 Å². The van der Waals surface area contributed by atoms with Crippen molar-refractivity contribution in [1.82, 2.24) is 0 Å². The lowest BCUT2D eigenvalue weighted by molar-refractivity contribution is -0.478. The maximum Gasteiger partial charge on any atom is 0.308 e. The van der Waals surface area contributed by atoms with Crippen LogP contribution in [-0.2, 0) is 4.57 Å². The van der Waals surface area contributed by atoms with Gasteiger partial charge < -0.3 is 4.89 Å². The fraction of sp³-hybridized carbons (Fsp3) is 1.00. The van der Waals surface area contributed by atoms with E-state index in [0.717, 1.165) is 0 Å². The lowest BCUT2D eigenvalue weighted by Gasteiger charge is -2.06. The zero-order chi connectivity index (χ0) is 9.07. The van der Waals surface area contributed by atoms with Crippen molar-refractivity contribution in [2.75, 3.05) is 6.54 Å². The molecule has 0 aromatic carbocycles. The Morgan fingerprint density at radius 2 is 2.36 bits per heavy atom. The van der Waals surface area contributed by atoms with Crippen LogP contribution in [0.5, 0.6) is 0 Å². The molecule has 8 heteroatoms. The average molecular weight is 217 g/mol. The van der Waals surface area contributed by atoms with E-state index in [9.17, 15) is 14.7 Å². The van der Waals surface area contributed by atoms with E-state index in [-0.39, 0.29) is 6.54 Å². The summed E-state index contributed by atoms with van der Waals surface area (Å²) >= 11 is 3.99. The molecule has 0 aliphatic heterocycles. The van der Waals surface area contributed by atoms with Gasteiger partial charge in [-0.25, -0.2) is 0 Å². The van der Waals surface area contributed by atoms with Crippen LogP contribution in [0.15, 0.2) is 0 Å². The van der Waals surface area contributed by atoms with Crippen molar-refractivity contribution in [1.29, 1.82) is 0 Å². The highest BCUT2D eigenvalue weighted by Crippen LogP contribution is 2.60. The third-order valence-corrected chi connectivity index (χ3v) is 4.26. The Hall–Kier alpha value is 0.290. The molecule has 0 aromatic heterocycles. The minimum atomic E-state index is -3.47. The van der Waals surface area contributed by atoms with Gasteiger partial charge in [-0.3, -0.25) is 14.7 Å². The van der Waals surface area contributed by atoms with Gasteiger partial charge in [0.15, 0.2) is 0 Å². The van der Waals surface area contributed by atoms with Gasteiger partial charge in [-0.05, 0) is 18.3 Å². The van der Waals surface area contributed by atoms with Crippen LogP contribution >= 0.6 is 29.4 Å². The topological polar surface area (TPSA) is 80.4 Å². The minimum absolute atomic E-state index is 0.324. The van der Waals surface area contributed by atoms with Gasteiger partial charge in [0, 0.05) is 4.92 Å². The molecule has 0 radical (unpaired) electrons. The van der Waals surface area contributed by atoms with Gasteiger partial charge >= 0.3 is 5.77 Å². The van der Waals surface area contributed by atoms with Crippen molar-refractivity contribution in [3.63, 3.8) is 0 Å². The van der Waals surface area contributed by atoms with E-state index in [4.69, 9.17) is 4.89 Å². The SMILES string of the molecule is CC(C[N+](=O)[O-])SP(=O)(O)S. The van der Waals surface area contributed by atoms with Crippen LogP contribution in [-0.4, -0.2) is 21.6 Å². The Bertz CT molecular complexity index is 192. The first-order valence-electron chi connectivity index (χ1n) is 2.67. The first-order chi connectivity index (χ1) is 4.81. The van der Waals surface area contributed by atoms with E-state index in [2.05, 4.69) is 12.2 Å². The summed E-state index contributed by atoms with van der Waals surface area (Å²) in [6.45, 7) is 1.18. The van der Waals surface area contributed by atoms with Crippen molar-refractivity contribution >= 4 is 29.4 Å². The molecule has 66 valence electrons. The van der Waals surface area contributed by atoms with Gasteiger partial charge in [-0.15, -0.1) is 0 Å². The highest BCUT2D eigenvalue weighted by atomic mass is 33.1. The number of nitro groups is 1. The summed E-state index contributed by atoms with van der Waals surface area (Å²) in [4.78, 5) is 18.0. The number of rotatable bonds is 4. The summed E-state index contributed by atoms with van der Waals surface area (Å²) in [5.74, 6) is -3.47. The van der Waals surface area contributed by atoms with Crippen LogP contribution < -0.4 is 0 Å².